The number of thiophene rings is 1. The second-order valence-electron chi connectivity index (χ2n) is 5.86. The molecule has 0 saturated heterocycles. The maximum atomic E-state index is 10.5. The van der Waals surface area contributed by atoms with Crippen LogP contribution in [0.4, 0.5) is 0 Å². The molecule has 1 heterocycles. The van der Waals surface area contributed by atoms with Gasteiger partial charge >= 0.3 is 0 Å². The highest BCUT2D eigenvalue weighted by Crippen LogP contribution is 2.31. The van der Waals surface area contributed by atoms with Gasteiger partial charge in [0.25, 0.3) is 0 Å². The van der Waals surface area contributed by atoms with E-state index in [9.17, 15) is 5.11 Å². The highest BCUT2D eigenvalue weighted by molar-refractivity contribution is 7.17. The number of rotatable bonds is 4. The summed E-state index contributed by atoms with van der Waals surface area (Å²) < 4.78 is 1.35. The Morgan fingerprint density at radius 2 is 2.00 bits per heavy atom. The molecule has 0 spiro atoms. The first-order valence-electron chi connectivity index (χ1n) is 7.02. The zero-order chi connectivity index (χ0) is 13.3. The largest absolute Gasteiger partial charge is 0.389 e. The van der Waals surface area contributed by atoms with Crippen LogP contribution < -0.4 is 0 Å². The molecule has 1 aliphatic rings. The molecule has 1 N–H and O–H groups in total. The summed E-state index contributed by atoms with van der Waals surface area (Å²) in [6, 6.07) is 8.56. The molecular formula is C16H21NOS. The van der Waals surface area contributed by atoms with E-state index in [1.165, 1.54) is 28.5 Å². The minimum atomic E-state index is -0.444. The second kappa shape index (κ2) is 5.23. The molecule has 0 atom stereocenters. The summed E-state index contributed by atoms with van der Waals surface area (Å²) in [7, 11) is 2.11. The third-order valence-corrected chi connectivity index (χ3v) is 5.11. The molecule has 0 amide bonds. The van der Waals surface area contributed by atoms with Crippen molar-refractivity contribution in [2.45, 2.75) is 37.8 Å². The topological polar surface area (TPSA) is 23.5 Å². The maximum absolute atomic E-state index is 10.5. The van der Waals surface area contributed by atoms with E-state index in [2.05, 4.69) is 41.6 Å². The maximum Gasteiger partial charge on any atom is 0.0774 e. The van der Waals surface area contributed by atoms with Crippen molar-refractivity contribution in [3.8, 4) is 0 Å². The number of hydrogen-bond acceptors (Lipinski definition) is 3. The molecule has 0 aliphatic heterocycles. The molecule has 1 saturated carbocycles. The fourth-order valence-corrected chi connectivity index (χ4v) is 4.15. The van der Waals surface area contributed by atoms with Crippen LogP contribution in [-0.4, -0.2) is 29.2 Å². The minimum Gasteiger partial charge on any atom is -0.389 e. The van der Waals surface area contributed by atoms with E-state index in [1.807, 2.05) is 11.3 Å². The lowest BCUT2D eigenvalue weighted by molar-refractivity contribution is 0.0146. The fraction of sp³-hybridized carbons (Fsp3) is 0.500. The number of hydrogen-bond donors (Lipinski definition) is 1. The monoisotopic (exact) mass is 275 g/mol. The number of nitrogens with zero attached hydrogens (tertiary/aromatic N) is 1. The molecule has 102 valence electrons. The van der Waals surface area contributed by atoms with Crippen molar-refractivity contribution in [3.05, 3.63) is 35.2 Å². The Kier molecular flexibility index (Phi) is 3.61. The standard InChI is InChI=1S/C16H21NOS/c1-17(12-16(18)8-4-5-9-16)10-13-11-19-15-7-3-2-6-14(13)15/h2-3,6-7,11,18H,4-5,8-10,12H2,1H3. The van der Waals surface area contributed by atoms with Crippen molar-refractivity contribution in [2.24, 2.45) is 0 Å². The van der Waals surface area contributed by atoms with E-state index in [0.29, 0.717) is 0 Å². The summed E-state index contributed by atoms with van der Waals surface area (Å²) >= 11 is 1.81. The van der Waals surface area contributed by atoms with Crippen molar-refractivity contribution < 1.29 is 5.11 Å². The van der Waals surface area contributed by atoms with Crippen LogP contribution in [0.1, 0.15) is 31.2 Å². The van der Waals surface area contributed by atoms with Crippen LogP contribution in [0.2, 0.25) is 0 Å². The van der Waals surface area contributed by atoms with Crippen LogP contribution in [-0.2, 0) is 6.54 Å². The van der Waals surface area contributed by atoms with Gasteiger partial charge in [0.15, 0.2) is 0 Å². The summed E-state index contributed by atoms with van der Waals surface area (Å²) in [6.07, 6.45) is 4.26. The molecule has 2 nitrogen and oxygen atoms in total. The number of likely N-dealkylation sites (N-methyl/N-ethyl adjacent to an activating group) is 1. The van der Waals surface area contributed by atoms with E-state index in [-0.39, 0.29) is 0 Å². The van der Waals surface area contributed by atoms with Gasteiger partial charge in [0, 0.05) is 17.8 Å². The Morgan fingerprint density at radius 3 is 2.79 bits per heavy atom. The normalized spacial score (nSPS) is 18.5. The van der Waals surface area contributed by atoms with E-state index in [0.717, 1.165) is 25.9 Å². The van der Waals surface area contributed by atoms with Crippen molar-refractivity contribution in [1.82, 2.24) is 4.90 Å². The van der Waals surface area contributed by atoms with Gasteiger partial charge in [-0.05, 0) is 42.3 Å². The smallest absolute Gasteiger partial charge is 0.0774 e. The van der Waals surface area contributed by atoms with Gasteiger partial charge in [0.05, 0.1) is 5.60 Å². The molecule has 0 radical (unpaired) electrons. The van der Waals surface area contributed by atoms with Crippen LogP contribution in [0.3, 0.4) is 0 Å². The predicted molar refractivity (Wildman–Crippen MR) is 81.6 cm³/mol. The molecule has 19 heavy (non-hydrogen) atoms. The zero-order valence-corrected chi connectivity index (χ0v) is 12.2. The average Bonchev–Trinajstić information content (AvgIpc) is 2.97. The van der Waals surface area contributed by atoms with E-state index in [1.54, 1.807) is 0 Å². The van der Waals surface area contributed by atoms with Crippen LogP contribution in [0.15, 0.2) is 29.6 Å². The van der Waals surface area contributed by atoms with Crippen molar-refractivity contribution in [2.75, 3.05) is 13.6 Å². The Balaban J connectivity index is 1.70. The first-order chi connectivity index (χ1) is 9.16. The molecule has 1 aliphatic carbocycles. The predicted octanol–water partition coefficient (Wildman–Crippen LogP) is 3.64. The fourth-order valence-electron chi connectivity index (χ4n) is 3.20. The summed E-state index contributed by atoms with van der Waals surface area (Å²) in [5, 5.41) is 14.1. The van der Waals surface area contributed by atoms with Gasteiger partial charge in [0.1, 0.15) is 0 Å². The second-order valence-corrected chi connectivity index (χ2v) is 6.77. The van der Waals surface area contributed by atoms with Gasteiger partial charge in [-0.25, -0.2) is 0 Å². The van der Waals surface area contributed by atoms with E-state index in [4.69, 9.17) is 0 Å². The van der Waals surface area contributed by atoms with Crippen molar-refractivity contribution in [3.63, 3.8) is 0 Å². The summed E-state index contributed by atoms with van der Waals surface area (Å²) in [5.41, 5.74) is 0.935. The number of benzene rings is 1. The number of fused-ring (bicyclic) bond motifs is 1. The Labute approximate surface area is 118 Å². The Morgan fingerprint density at radius 1 is 1.26 bits per heavy atom. The summed E-state index contributed by atoms with van der Waals surface area (Å²) in [5.74, 6) is 0. The van der Waals surface area contributed by atoms with Gasteiger partial charge in [-0.2, -0.15) is 0 Å². The highest BCUT2D eigenvalue weighted by Gasteiger charge is 2.32. The first kappa shape index (κ1) is 13.1. The van der Waals surface area contributed by atoms with Crippen LogP contribution in [0, 0.1) is 0 Å². The third kappa shape index (κ3) is 2.83. The Bertz CT molecular complexity index is 557. The summed E-state index contributed by atoms with van der Waals surface area (Å²) in [4.78, 5) is 2.26. The molecule has 3 rings (SSSR count). The molecular weight excluding hydrogens is 254 g/mol. The van der Waals surface area contributed by atoms with Gasteiger partial charge in [-0.1, -0.05) is 31.0 Å². The van der Waals surface area contributed by atoms with Crippen LogP contribution >= 0.6 is 11.3 Å². The molecule has 3 heteroatoms. The third-order valence-electron chi connectivity index (χ3n) is 4.10. The lowest BCUT2D eigenvalue weighted by Gasteiger charge is -2.28. The summed E-state index contributed by atoms with van der Waals surface area (Å²) in [6.45, 7) is 1.71. The van der Waals surface area contributed by atoms with E-state index >= 15 is 0 Å². The molecule has 2 aromatic rings. The average molecular weight is 275 g/mol. The SMILES string of the molecule is CN(Cc1csc2ccccc12)CC1(O)CCCC1. The van der Waals surface area contributed by atoms with Crippen molar-refractivity contribution in [1.29, 1.82) is 0 Å². The lowest BCUT2D eigenvalue weighted by Crippen LogP contribution is -2.38. The van der Waals surface area contributed by atoms with E-state index < -0.39 is 5.60 Å². The van der Waals surface area contributed by atoms with Gasteiger partial charge in [-0.3, -0.25) is 4.90 Å². The first-order valence-corrected chi connectivity index (χ1v) is 7.90. The quantitative estimate of drug-likeness (QED) is 0.921. The Hall–Kier alpha value is -0.900. The highest BCUT2D eigenvalue weighted by atomic mass is 32.1. The van der Waals surface area contributed by atoms with Crippen LogP contribution in [0.5, 0.6) is 0 Å². The molecule has 1 aromatic carbocycles. The molecule has 1 fully saturated rings. The minimum absolute atomic E-state index is 0.444. The van der Waals surface area contributed by atoms with Gasteiger partial charge in [0.2, 0.25) is 0 Å². The number of aliphatic hydroxyl groups is 1. The van der Waals surface area contributed by atoms with Gasteiger partial charge < -0.3 is 5.11 Å². The molecule has 0 bridgehead atoms. The molecule has 0 unspecified atom stereocenters. The van der Waals surface area contributed by atoms with Crippen LogP contribution in [0.25, 0.3) is 10.1 Å². The molecule has 1 aromatic heterocycles. The zero-order valence-electron chi connectivity index (χ0n) is 11.4. The van der Waals surface area contributed by atoms with Gasteiger partial charge in [-0.15, -0.1) is 11.3 Å². The van der Waals surface area contributed by atoms with Crippen molar-refractivity contribution >= 4 is 21.4 Å². The lowest BCUT2D eigenvalue weighted by atomic mass is 10.0.